The quantitative estimate of drug-likeness (QED) is 0.679. The average molecular weight is 214 g/mol. The summed E-state index contributed by atoms with van der Waals surface area (Å²) in [6.45, 7) is 1.96. The molecule has 1 aromatic rings. The van der Waals surface area contributed by atoms with Crippen molar-refractivity contribution in [3.8, 4) is 6.01 Å². The maximum Gasteiger partial charge on any atom is 0.516 e. The van der Waals surface area contributed by atoms with E-state index in [2.05, 4.69) is 14.9 Å². The Morgan fingerprint density at radius 3 is 2.60 bits per heavy atom. The van der Waals surface area contributed by atoms with Crippen LogP contribution in [0, 0.1) is 0 Å². The molecule has 0 N–H and O–H groups in total. The van der Waals surface area contributed by atoms with Crippen LogP contribution in [0.5, 0.6) is 6.01 Å². The van der Waals surface area contributed by atoms with E-state index in [0.29, 0.717) is 5.95 Å². The summed E-state index contributed by atoms with van der Waals surface area (Å²) in [5.74, 6) is 0.592. The molecular formula is C8H14N4O3. The van der Waals surface area contributed by atoms with Crippen molar-refractivity contribution in [2.24, 2.45) is 7.05 Å². The van der Waals surface area contributed by atoms with Crippen LogP contribution in [0.15, 0.2) is 0 Å². The van der Waals surface area contributed by atoms with Crippen LogP contribution in [0.3, 0.4) is 0 Å². The van der Waals surface area contributed by atoms with Crippen molar-refractivity contribution >= 4 is 12.1 Å². The number of carbonyl (C=O) groups is 1. The Balaban J connectivity index is 2.74. The molecule has 0 aromatic carbocycles. The molecule has 7 heteroatoms. The number of anilines is 1. The molecule has 15 heavy (non-hydrogen) atoms. The molecule has 0 atom stereocenters. The Bertz CT molecular complexity index is 348. The smallest absolute Gasteiger partial charge is 0.434 e. The van der Waals surface area contributed by atoms with Gasteiger partial charge in [0.1, 0.15) is 0 Å². The largest absolute Gasteiger partial charge is 0.516 e. The van der Waals surface area contributed by atoms with Crippen molar-refractivity contribution in [1.82, 2.24) is 14.8 Å². The molecule has 0 aliphatic rings. The molecule has 7 nitrogen and oxygen atoms in total. The van der Waals surface area contributed by atoms with Crippen LogP contribution in [-0.4, -0.2) is 41.6 Å². The molecule has 0 aliphatic carbocycles. The van der Waals surface area contributed by atoms with E-state index in [1.165, 1.54) is 0 Å². The first-order chi connectivity index (χ1) is 7.06. The van der Waals surface area contributed by atoms with E-state index in [-0.39, 0.29) is 12.6 Å². The second kappa shape index (κ2) is 4.63. The number of ether oxygens (including phenoxy) is 2. The third-order valence-electron chi connectivity index (χ3n) is 1.65. The van der Waals surface area contributed by atoms with Gasteiger partial charge in [0.25, 0.3) is 0 Å². The zero-order valence-electron chi connectivity index (χ0n) is 9.22. The van der Waals surface area contributed by atoms with Gasteiger partial charge in [0, 0.05) is 21.1 Å². The minimum Gasteiger partial charge on any atom is -0.434 e. The predicted octanol–water partition coefficient (Wildman–Crippen LogP) is 0.416. The maximum absolute atomic E-state index is 11.0. The van der Waals surface area contributed by atoms with Crippen LogP contribution >= 0.6 is 0 Å². The highest BCUT2D eigenvalue weighted by molar-refractivity contribution is 5.62. The van der Waals surface area contributed by atoms with E-state index >= 15 is 0 Å². The molecule has 0 aliphatic heterocycles. The predicted molar refractivity (Wildman–Crippen MR) is 53.0 cm³/mol. The zero-order chi connectivity index (χ0) is 11.4. The third kappa shape index (κ3) is 2.58. The Hall–Kier alpha value is -1.79. The Morgan fingerprint density at radius 2 is 2.13 bits per heavy atom. The average Bonchev–Trinajstić information content (AvgIpc) is 2.48. The standard InChI is InChI=1S/C8H14N4O3/c1-5-14-8(13)15-7-10-9-6(11(2)3)12(7)4/h5H2,1-4H3. The van der Waals surface area contributed by atoms with Crippen molar-refractivity contribution in [2.75, 3.05) is 25.6 Å². The van der Waals surface area contributed by atoms with Gasteiger partial charge in [-0.1, -0.05) is 5.10 Å². The molecule has 1 aromatic heterocycles. The van der Waals surface area contributed by atoms with Crippen LogP contribution in [0.4, 0.5) is 10.7 Å². The highest BCUT2D eigenvalue weighted by Crippen LogP contribution is 2.14. The van der Waals surface area contributed by atoms with Gasteiger partial charge in [-0.2, -0.15) is 0 Å². The summed E-state index contributed by atoms with van der Waals surface area (Å²) < 4.78 is 11.0. The van der Waals surface area contributed by atoms with Crippen molar-refractivity contribution in [1.29, 1.82) is 0 Å². The van der Waals surface area contributed by atoms with E-state index in [9.17, 15) is 4.79 Å². The van der Waals surface area contributed by atoms with E-state index in [1.807, 2.05) is 14.1 Å². The van der Waals surface area contributed by atoms with Crippen LogP contribution in [0.2, 0.25) is 0 Å². The van der Waals surface area contributed by atoms with Gasteiger partial charge in [0.15, 0.2) is 0 Å². The lowest BCUT2D eigenvalue weighted by Gasteiger charge is -2.10. The van der Waals surface area contributed by atoms with E-state index in [4.69, 9.17) is 4.74 Å². The van der Waals surface area contributed by atoms with Crippen LogP contribution < -0.4 is 9.64 Å². The summed E-state index contributed by atoms with van der Waals surface area (Å²) in [6.07, 6.45) is -0.779. The summed E-state index contributed by atoms with van der Waals surface area (Å²) in [4.78, 5) is 12.8. The molecule has 0 unspecified atom stereocenters. The highest BCUT2D eigenvalue weighted by Gasteiger charge is 2.15. The molecule has 0 saturated heterocycles. The number of rotatable bonds is 3. The van der Waals surface area contributed by atoms with Gasteiger partial charge >= 0.3 is 12.2 Å². The van der Waals surface area contributed by atoms with Crippen LogP contribution in [0.1, 0.15) is 6.92 Å². The molecule has 1 rings (SSSR count). The topological polar surface area (TPSA) is 69.5 Å². The zero-order valence-corrected chi connectivity index (χ0v) is 9.22. The summed E-state index contributed by atoms with van der Waals surface area (Å²) in [7, 11) is 5.33. The Morgan fingerprint density at radius 1 is 1.47 bits per heavy atom. The van der Waals surface area contributed by atoms with Gasteiger partial charge in [0.2, 0.25) is 5.95 Å². The lowest BCUT2D eigenvalue weighted by atomic mass is 10.8. The Labute approximate surface area is 87.6 Å². The van der Waals surface area contributed by atoms with Gasteiger partial charge in [0.05, 0.1) is 6.61 Å². The van der Waals surface area contributed by atoms with Crippen molar-refractivity contribution < 1.29 is 14.3 Å². The lowest BCUT2D eigenvalue weighted by molar-refractivity contribution is 0.0994. The molecule has 0 spiro atoms. The molecule has 84 valence electrons. The normalized spacial score (nSPS) is 9.87. The van der Waals surface area contributed by atoms with Gasteiger partial charge < -0.3 is 14.4 Å². The van der Waals surface area contributed by atoms with Crippen LogP contribution in [-0.2, 0) is 11.8 Å². The number of carbonyl (C=O) groups excluding carboxylic acids is 1. The molecule has 0 amide bonds. The van der Waals surface area contributed by atoms with E-state index < -0.39 is 6.16 Å². The van der Waals surface area contributed by atoms with Crippen LogP contribution in [0.25, 0.3) is 0 Å². The molecule has 0 saturated carbocycles. The SMILES string of the molecule is CCOC(=O)Oc1nnc(N(C)C)n1C. The van der Waals surface area contributed by atoms with Crippen molar-refractivity contribution in [3.63, 3.8) is 0 Å². The molecular weight excluding hydrogens is 200 g/mol. The van der Waals surface area contributed by atoms with Gasteiger partial charge in [-0.3, -0.25) is 4.57 Å². The number of nitrogens with zero attached hydrogens (tertiary/aromatic N) is 4. The first-order valence-corrected chi connectivity index (χ1v) is 4.47. The minimum absolute atomic E-state index is 0.108. The molecule has 0 bridgehead atoms. The first-order valence-electron chi connectivity index (χ1n) is 4.47. The highest BCUT2D eigenvalue weighted by atomic mass is 16.7. The van der Waals surface area contributed by atoms with Crippen molar-refractivity contribution in [2.45, 2.75) is 6.92 Å². The summed E-state index contributed by atoms with van der Waals surface area (Å²) >= 11 is 0. The number of hydrogen-bond acceptors (Lipinski definition) is 6. The van der Waals surface area contributed by atoms with Gasteiger partial charge in [-0.25, -0.2) is 4.79 Å². The molecule has 0 radical (unpaired) electrons. The molecule has 0 fully saturated rings. The fourth-order valence-electron chi connectivity index (χ4n) is 1.01. The minimum atomic E-state index is -0.779. The fraction of sp³-hybridized carbons (Fsp3) is 0.625. The summed E-state index contributed by atoms with van der Waals surface area (Å²) in [6, 6.07) is 0.108. The van der Waals surface area contributed by atoms with Crippen molar-refractivity contribution in [3.05, 3.63) is 0 Å². The second-order valence-corrected chi connectivity index (χ2v) is 3.02. The second-order valence-electron chi connectivity index (χ2n) is 3.02. The van der Waals surface area contributed by atoms with Gasteiger partial charge in [-0.05, 0) is 6.92 Å². The van der Waals surface area contributed by atoms with E-state index in [0.717, 1.165) is 0 Å². The summed E-state index contributed by atoms with van der Waals surface area (Å²) in [5, 5.41) is 7.54. The number of hydrogen-bond donors (Lipinski definition) is 0. The van der Waals surface area contributed by atoms with E-state index in [1.54, 1.807) is 23.4 Å². The lowest BCUT2D eigenvalue weighted by Crippen LogP contribution is -2.16. The Kier molecular flexibility index (Phi) is 3.48. The monoisotopic (exact) mass is 214 g/mol. The number of aromatic nitrogens is 3. The maximum atomic E-state index is 11.0. The molecule has 1 heterocycles. The fourth-order valence-corrected chi connectivity index (χ4v) is 1.01. The van der Waals surface area contributed by atoms with Gasteiger partial charge in [-0.15, -0.1) is 5.10 Å². The first kappa shape index (κ1) is 11.3. The summed E-state index contributed by atoms with van der Waals surface area (Å²) in [5.41, 5.74) is 0. The third-order valence-corrected chi connectivity index (χ3v) is 1.65.